The highest BCUT2D eigenvalue weighted by molar-refractivity contribution is 5.68. The van der Waals surface area contributed by atoms with Crippen molar-refractivity contribution in [2.75, 3.05) is 37.6 Å². The molecule has 0 aromatic heterocycles. The van der Waals surface area contributed by atoms with Gasteiger partial charge in [0.15, 0.2) is 0 Å². The number of rotatable bonds is 2. The minimum absolute atomic E-state index is 0. The van der Waals surface area contributed by atoms with E-state index in [1.165, 1.54) is 22.3 Å². The number of fused-ring (bicyclic) bond motifs is 2. The van der Waals surface area contributed by atoms with Gasteiger partial charge in [-0.25, -0.2) is 4.79 Å². The van der Waals surface area contributed by atoms with Gasteiger partial charge in [-0.15, -0.1) is 0 Å². The quantitative estimate of drug-likeness (QED) is 0.388. The van der Waals surface area contributed by atoms with Crippen LogP contribution in [0.2, 0.25) is 0 Å². The van der Waals surface area contributed by atoms with Gasteiger partial charge in [-0.2, -0.15) is 0 Å². The van der Waals surface area contributed by atoms with Crippen LogP contribution in [0.25, 0.3) is 0 Å². The van der Waals surface area contributed by atoms with Crippen LogP contribution in [0.3, 0.4) is 0 Å². The molecule has 3 aromatic rings. The standard InChI is InChI=1S/C18H20N2O2.C10H14N2.8H2/c19-17-7-6-15-8-10-20(11-9-16(15)12-17)18(21)22-13-14-4-2-1-3-5-14;11-10-2-1-8-3-5-12-6-4-9(8)7-10;;;;;;;;/h1-7,12H,8-11,13,19H2;1-2,7,12H,3-6,11H2;8*1H/i;;7*1+1D;1+1. The lowest BCUT2D eigenvalue weighted by Crippen LogP contribution is -2.33. The lowest BCUT2D eigenvalue weighted by atomic mass is 10.0. The Labute approximate surface area is 225 Å². The summed E-state index contributed by atoms with van der Waals surface area (Å²) in [6, 6.07) is 22.0. The van der Waals surface area contributed by atoms with Crippen molar-refractivity contribution < 1.29 is 31.7 Å². The van der Waals surface area contributed by atoms with Crippen molar-refractivity contribution in [1.82, 2.24) is 10.2 Å². The number of benzene rings is 3. The number of nitrogens with zero attached hydrogens (tertiary/aromatic N) is 1. The third-order valence-electron chi connectivity index (χ3n) is 6.37. The smallest absolute Gasteiger partial charge is 0.410 e. The summed E-state index contributed by atoms with van der Waals surface area (Å²) in [6.07, 6.45) is 3.66. The normalized spacial score (nSPS) is 16.6. The first-order chi connectivity index (χ1) is 23.6. The summed E-state index contributed by atoms with van der Waals surface area (Å²) >= 11 is 0. The molecule has 0 saturated carbocycles. The van der Waals surface area contributed by atoms with Gasteiger partial charge < -0.3 is 26.4 Å². The Kier molecular flexibility index (Phi) is 5.50. The van der Waals surface area contributed by atoms with E-state index in [1.54, 1.807) is 4.90 Å². The Morgan fingerprint density at radius 2 is 1.38 bits per heavy atom. The summed E-state index contributed by atoms with van der Waals surface area (Å²) in [6.45, 7) is 3.85. The molecule has 0 radical (unpaired) electrons. The van der Waals surface area contributed by atoms with Gasteiger partial charge in [0.2, 0.25) is 0 Å². The van der Waals surface area contributed by atoms with E-state index in [1.807, 2.05) is 48.5 Å². The zero-order chi connectivity index (χ0) is 37.8. The van der Waals surface area contributed by atoms with Crippen LogP contribution in [0.4, 0.5) is 16.2 Å². The largest absolute Gasteiger partial charge is 0.445 e. The van der Waals surface area contributed by atoms with E-state index in [-0.39, 0.29) is 7.52 Å². The van der Waals surface area contributed by atoms with Gasteiger partial charge in [0.25, 0.3) is 0 Å². The van der Waals surface area contributed by atoms with Gasteiger partial charge in [-0.3, -0.25) is 0 Å². The number of hydrogen-bond donors (Lipinski definition) is 3. The van der Waals surface area contributed by atoms with E-state index in [0.29, 0.717) is 19.7 Å². The second kappa shape index (κ2) is 11.6. The molecule has 5 N–H and O–H groups in total. The average molecular weight is 490 g/mol. The Morgan fingerprint density at radius 1 is 0.824 bits per heavy atom. The van der Waals surface area contributed by atoms with Crippen LogP contribution in [0.1, 0.15) is 50.0 Å². The van der Waals surface area contributed by atoms with Crippen LogP contribution in [0, 0.1) is 0 Å². The number of amides is 1. The highest BCUT2D eigenvalue weighted by Crippen LogP contribution is 2.19. The van der Waals surface area contributed by atoms with Crippen LogP contribution < -0.4 is 16.8 Å². The number of carbonyl (C=O) groups excluding carboxylic acids is 1. The summed E-state index contributed by atoms with van der Waals surface area (Å²) in [4.78, 5) is 14.0. The van der Waals surface area contributed by atoms with Crippen molar-refractivity contribution in [2.45, 2.75) is 32.3 Å². The molecule has 0 unspecified atom stereocenters. The molecule has 6 nitrogen and oxygen atoms in total. The predicted molar refractivity (Wildman–Crippen MR) is 155 cm³/mol. The molecule has 2 aliphatic heterocycles. The Hall–Kier alpha value is -3.51. The van der Waals surface area contributed by atoms with E-state index in [9.17, 15) is 4.79 Å². The van der Waals surface area contributed by atoms with Crippen molar-refractivity contribution >= 4 is 17.5 Å². The maximum Gasteiger partial charge on any atom is 0.410 e. The first-order valence-corrected chi connectivity index (χ1v) is 12.0. The molecule has 2 aliphatic rings. The minimum atomic E-state index is -0.246. The summed E-state index contributed by atoms with van der Waals surface area (Å²) in [5, 5.41) is 3.37. The fourth-order valence-corrected chi connectivity index (χ4v) is 4.43. The fraction of sp³-hybridized carbons (Fsp3) is 0.321. The van der Waals surface area contributed by atoms with Crippen molar-refractivity contribution in [1.29, 1.82) is 0 Å². The van der Waals surface area contributed by atoms with Gasteiger partial charge in [0.1, 0.15) is 6.61 Å². The van der Waals surface area contributed by atoms with Crippen LogP contribution >= 0.6 is 0 Å². The van der Waals surface area contributed by atoms with Gasteiger partial charge >= 0.3 is 6.09 Å². The third kappa shape index (κ3) is 6.51. The van der Waals surface area contributed by atoms with Crippen LogP contribution in [-0.4, -0.2) is 37.2 Å². The van der Waals surface area contributed by atoms with Gasteiger partial charge in [-0.05, 0) is 90.9 Å². The summed E-state index contributed by atoms with van der Waals surface area (Å²) in [7, 11) is 0. The molecular formula is C28H50N4O2. The summed E-state index contributed by atoms with van der Waals surface area (Å²) < 4.78 is 75.4. The van der Waals surface area contributed by atoms with E-state index in [2.05, 4.69) is 23.5 Å². The number of ether oxygens (including phenoxy) is 1. The minimum Gasteiger partial charge on any atom is -0.445 e. The van der Waals surface area contributed by atoms with Crippen LogP contribution in [0.15, 0.2) is 66.7 Å². The molecule has 6 heteroatoms. The molecule has 194 valence electrons. The van der Waals surface area contributed by atoms with Gasteiger partial charge in [0, 0.05) is 46.7 Å². The molecule has 3 aromatic carbocycles. The van der Waals surface area contributed by atoms with Gasteiger partial charge in [0.05, 0.1) is 0 Å². The molecule has 0 atom stereocenters. The van der Waals surface area contributed by atoms with E-state index in [0.717, 1.165) is 55.7 Å². The Morgan fingerprint density at radius 3 is 2.06 bits per heavy atom. The molecule has 0 fully saturated rings. The molecule has 0 spiro atoms. The topological polar surface area (TPSA) is 93.6 Å². The van der Waals surface area contributed by atoms with Crippen molar-refractivity contribution in [2.24, 2.45) is 0 Å². The van der Waals surface area contributed by atoms with Crippen LogP contribution in [-0.2, 0) is 37.0 Å². The molecule has 0 saturated heterocycles. The molecule has 2 heterocycles. The number of carbonyl (C=O) groups is 1. The van der Waals surface area contributed by atoms with E-state index in [4.69, 9.17) is 37.0 Å². The van der Waals surface area contributed by atoms with Crippen molar-refractivity contribution in [3.8, 4) is 0 Å². The number of hydrogen-bond acceptors (Lipinski definition) is 5. The van der Waals surface area contributed by atoms with E-state index < -0.39 is 0 Å². The lowest BCUT2D eigenvalue weighted by Gasteiger charge is -2.19. The lowest BCUT2D eigenvalue weighted by molar-refractivity contribution is 0.0977. The zero-order valence-corrected chi connectivity index (χ0v) is 19.6. The fourth-order valence-electron chi connectivity index (χ4n) is 4.43. The highest BCUT2D eigenvalue weighted by Gasteiger charge is 2.19. The molecule has 5 rings (SSSR count). The van der Waals surface area contributed by atoms with E-state index >= 15 is 0 Å². The number of anilines is 2. The number of nitrogens with one attached hydrogen (secondary N) is 1. The van der Waals surface area contributed by atoms with Crippen molar-refractivity contribution in [3.05, 3.63) is 94.5 Å². The zero-order valence-electron chi connectivity index (χ0n) is 33.6. The predicted octanol–water partition coefficient (Wildman–Crippen LogP) is 5.93. The summed E-state index contributed by atoms with van der Waals surface area (Å²) in [5.41, 5.74) is 19.6. The van der Waals surface area contributed by atoms with Gasteiger partial charge in [-0.1, -0.05) is 42.5 Å². The Bertz CT molecular complexity index is 1140. The number of nitrogen functional groups attached to an aromatic ring is 2. The first-order valence-electron chi connectivity index (χ1n) is 19.0. The second-order valence-electron chi connectivity index (χ2n) is 8.83. The molecule has 0 aliphatic carbocycles. The second-order valence-corrected chi connectivity index (χ2v) is 8.83. The van der Waals surface area contributed by atoms with Crippen molar-refractivity contribution in [3.63, 3.8) is 0 Å². The number of nitrogens with two attached hydrogens (primary N) is 2. The Balaban J connectivity index is -0.000000204. The first kappa shape index (κ1) is 16.2. The maximum absolute atomic E-state index is 12.2. The highest BCUT2D eigenvalue weighted by atomic mass is 16.6. The molecule has 0 bridgehead atoms. The maximum atomic E-state index is 12.2. The third-order valence-corrected chi connectivity index (χ3v) is 6.37. The average Bonchev–Trinajstić information content (AvgIpc) is 3.55. The molecule has 1 amide bonds. The van der Waals surface area contributed by atoms with Crippen LogP contribution in [0.5, 0.6) is 0 Å². The SMILES string of the molecule is Nc1ccc2c(c1)CCN(C(=O)OCc1ccccc1)CC2.Nc1ccc2c(c1)CCNCC2.[2HH].[2H][2H].[2H][2H].[2H][2H].[2H][2H].[2H][2H].[2H][2H].[2H][2H]. The molecule has 34 heavy (non-hydrogen) atoms. The monoisotopic (exact) mass is 489 g/mol. The summed E-state index contributed by atoms with van der Waals surface area (Å²) in [5.74, 6) is 0. The molecular weight excluding hydrogens is 424 g/mol.